The summed E-state index contributed by atoms with van der Waals surface area (Å²) in [6.07, 6.45) is 1.57. The minimum atomic E-state index is -0.428. The van der Waals surface area contributed by atoms with Gasteiger partial charge in [0.1, 0.15) is 0 Å². The lowest BCUT2D eigenvalue weighted by atomic mass is 10.1. The SMILES string of the molecule is Nc1cnc2ccccc2c1NC(CO)CO. The molecule has 1 aromatic heterocycles. The van der Waals surface area contributed by atoms with Crippen LogP contribution in [-0.2, 0) is 0 Å². The van der Waals surface area contributed by atoms with E-state index in [9.17, 15) is 0 Å². The second-order valence-electron chi connectivity index (χ2n) is 3.81. The second kappa shape index (κ2) is 4.99. The number of hydrogen-bond acceptors (Lipinski definition) is 5. The van der Waals surface area contributed by atoms with Gasteiger partial charge in [-0.2, -0.15) is 0 Å². The predicted molar refractivity (Wildman–Crippen MR) is 67.7 cm³/mol. The van der Waals surface area contributed by atoms with Gasteiger partial charge in [-0.15, -0.1) is 0 Å². The molecule has 2 rings (SSSR count). The van der Waals surface area contributed by atoms with E-state index in [2.05, 4.69) is 10.3 Å². The highest BCUT2D eigenvalue weighted by molar-refractivity contribution is 5.96. The molecule has 5 nitrogen and oxygen atoms in total. The molecular weight excluding hydrogens is 218 g/mol. The highest BCUT2D eigenvalue weighted by Gasteiger charge is 2.11. The lowest BCUT2D eigenvalue weighted by molar-refractivity contribution is 0.204. The first kappa shape index (κ1) is 11.6. The Bertz CT molecular complexity index is 512. The Kier molecular flexibility index (Phi) is 3.41. The molecule has 17 heavy (non-hydrogen) atoms. The van der Waals surface area contributed by atoms with Gasteiger partial charge in [-0.25, -0.2) is 0 Å². The molecule has 1 aromatic carbocycles. The summed E-state index contributed by atoms with van der Waals surface area (Å²) in [6.45, 7) is -0.320. The van der Waals surface area contributed by atoms with E-state index in [4.69, 9.17) is 15.9 Å². The molecule has 0 amide bonds. The first-order valence-corrected chi connectivity index (χ1v) is 5.37. The van der Waals surface area contributed by atoms with Crippen LogP contribution in [0.3, 0.4) is 0 Å². The van der Waals surface area contributed by atoms with Crippen LogP contribution >= 0.6 is 0 Å². The quantitative estimate of drug-likeness (QED) is 0.620. The third-order valence-electron chi connectivity index (χ3n) is 2.59. The maximum absolute atomic E-state index is 9.07. The topological polar surface area (TPSA) is 91.4 Å². The number of nitrogen functional groups attached to an aromatic ring is 1. The van der Waals surface area contributed by atoms with Gasteiger partial charge >= 0.3 is 0 Å². The molecule has 5 heteroatoms. The number of para-hydroxylation sites is 1. The number of benzene rings is 1. The van der Waals surface area contributed by atoms with Gasteiger partial charge in [0, 0.05) is 5.39 Å². The van der Waals surface area contributed by atoms with Gasteiger partial charge in [0.2, 0.25) is 0 Å². The van der Waals surface area contributed by atoms with E-state index >= 15 is 0 Å². The molecule has 1 heterocycles. The minimum Gasteiger partial charge on any atom is -0.396 e. The Morgan fingerprint density at radius 2 is 1.94 bits per heavy atom. The van der Waals surface area contributed by atoms with E-state index in [-0.39, 0.29) is 13.2 Å². The highest BCUT2D eigenvalue weighted by atomic mass is 16.3. The molecule has 0 saturated heterocycles. The number of aliphatic hydroxyl groups excluding tert-OH is 2. The van der Waals surface area contributed by atoms with Crippen molar-refractivity contribution < 1.29 is 10.2 Å². The third kappa shape index (κ3) is 2.30. The van der Waals surface area contributed by atoms with Gasteiger partial charge in [0.05, 0.1) is 42.3 Å². The summed E-state index contributed by atoms with van der Waals surface area (Å²) in [6, 6.07) is 7.13. The van der Waals surface area contributed by atoms with Crippen LogP contribution in [0.15, 0.2) is 30.5 Å². The molecule has 0 aliphatic rings. The van der Waals surface area contributed by atoms with E-state index < -0.39 is 6.04 Å². The van der Waals surface area contributed by atoms with Crippen LogP contribution in [0.5, 0.6) is 0 Å². The van der Waals surface area contributed by atoms with Gasteiger partial charge < -0.3 is 21.3 Å². The van der Waals surface area contributed by atoms with Crippen molar-refractivity contribution in [2.45, 2.75) is 6.04 Å². The summed E-state index contributed by atoms with van der Waals surface area (Å²) < 4.78 is 0. The zero-order valence-electron chi connectivity index (χ0n) is 9.30. The maximum atomic E-state index is 9.07. The van der Waals surface area contributed by atoms with Crippen LogP contribution in [0, 0.1) is 0 Å². The van der Waals surface area contributed by atoms with Crippen molar-refractivity contribution in [1.29, 1.82) is 0 Å². The summed E-state index contributed by atoms with van der Waals surface area (Å²) in [5.74, 6) is 0. The Balaban J connectivity index is 2.47. The smallest absolute Gasteiger partial charge is 0.0743 e. The van der Waals surface area contributed by atoms with Crippen molar-refractivity contribution in [1.82, 2.24) is 4.98 Å². The highest BCUT2D eigenvalue weighted by Crippen LogP contribution is 2.27. The molecule has 0 radical (unpaired) electrons. The number of rotatable bonds is 4. The number of pyridine rings is 1. The molecule has 90 valence electrons. The van der Waals surface area contributed by atoms with Gasteiger partial charge in [0.15, 0.2) is 0 Å². The predicted octanol–water partition coefficient (Wildman–Crippen LogP) is 0.582. The van der Waals surface area contributed by atoms with E-state index in [0.29, 0.717) is 11.4 Å². The molecule has 0 fully saturated rings. The summed E-state index contributed by atoms with van der Waals surface area (Å²) >= 11 is 0. The number of fused-ring (bicyclic) bond motifs is 1. The normalized spacial score (nSPS) is 11.0. The number of nitrogens with one attached hydrogen (secondary N) is 1. The van der Waals surface area contributed by atoms with Crippen LogP contribution in [-0.4, -0.2) is 34.5 Å². The molecular formula is C12H15N3O2. The van der Waals surface area contributed by atoms with Crippen molar-refractivity contribution in [3.8, 4) is 0 Å². The first-order chi connectivity index (χ1) is 8.26. The van der Waals surface area contributed by atoms with Gasteiger partial charge in [0.25, 0.3) is 0 Å². The largest absolute Gasteiger partial charge is 0.396 e. The summed E-state index contributed by atoms with van der Waals surface area (Å²) in [4.78, 5) is 4.21. The van der Waals surface area contributed by atoms with Gasteiger partial charge in [-0.3, -0.25) is 4.98 Å². The number of hydrogen-bond donors (Lipinski definition) is 4. The number of aromatic nitrogens is 1. The van der Waals surface area contributed by atoms with Crippen LogP contribution in [0.1, 0.15) is 0 Å². The van der Waals surface area contributed by atoms with Crippen LogP contribution < -0.4 is 11.1 Å². The average molecular weight is 233 g/mol. The number of nitrogens with two attached hydrogens (primary N) is 1. The Hall–Kier alpha value is -1.85. The first-order valence-electron chi connectivity index (χ1n) is 5.37. The van der Waals surface area contributed by atoms with E-state index in [1.165, 1.54) is 0 Å². The van der Waals surface area contributed by atoms with Crippen LogP contribution in [0.4, 0.5) is 11.4 Å². The molecule has 0 aliphatic heterocycles. The molecule has 0 aliphatic carbocycles. The fraction of sp³-hybridized carbons (Fsp3) is 0.250. The molecule has 0 bridgehead atoms. The molecule has 0 spiro atoms. The lowest BCUT2D eigenvalue weighted by Gasteiger charge is -2.18. The maximum Gasteiger partial charge on any atom is 0.0743 e. The Morgan fingerprint density at radius 3 is 2.65 bits per heavy atom. The van der Waals surface area contributed by atoms with Crippen molar-refractivity contribution in [2.75, 3.05) is 24.3 Å². The van der Waals surface area contributed by atoms with Crippen LogP contribution in [0.2, 0.25) is 0 Å². The second-order valence-corrected chi connectivity index (χ2v) is 3.81. The number of nitrogens with zero attached hydrogens (tertiary/aromatic N) is 1. The van der Waals surface area contributed by atoms with Crippen molar-refractivity contribution >= 4 is 22.3 Å². The molecule has 0 atom stereocenters. The zero-order valence-corrected chi connectivity index (χ0v) is 9.30. The van der Waals surface area contributed by atoms with Gasteiger partial charge in [-0.1, -0.05) is 18.2 Å². The minimum absolute atomic E-state index is 0.160. The van der Waals surface area contributed by atoms with Crippen molar-refractivity contribution in [2.24, 2.45) is 0 Å². The Morgan fingerprint density at radius 1 is 1.24 bits per heavy atom. The summed E-state index contributed by atoms with van der Waals surface area (Å²) in [7, 11) is 0. The van der Waals surface area contributed by atoms with E-state index in [1.807, 2.05) is 24.3 Å². The number of aliphatic hydroxyl groups is 2. The zero-order chi connectivity index (χ0) is 12.3. The fourth-order valence-corrected chi connectivity index (χ4v) is 1.67. The van der Waals surface area contributed by atoms with Crippen LogP contribution in [0.25, 0.3) is 10.9 Å². The molecule has 5 N–H and O–H groups in total. The Labute approximate surface area is 98.9 Å². The summed E-state index contributed by atoms with van der Waals surface area (Å²) in [5.41, 5.74) is 7.87. The van der Waals surface area contributed by atoms with E-state index in [0.717, 1.165) is 10.9 Å². The average Bonchev–Trinajstić information content (AvgIpc) is 2.38. The fourth-order valence-electron chi connectivity index (χ4n) is 1.67. The van der Waals surface area contributed by atoms with Gasteiger partial charge in [-0.05, 0) is 6.07 Å². The van der Waals surface area contributed by atoms with Crippen molar-refractivity contribution in [3.63, 3.8) is 0 Å². The number of anilines is 2. The molecule has 0 saturated carbocycles. The lowest BCUT2D eigenvalue weighted by Crippen LogP contribution is -2.28. The summed E-state index contributed by atoms with van der Waals surface area (Å²) in [5, 5.41) is 22.0. The molecule has 2 aromatic rings. The standard InChI is InChI=1S/C12H15N3O2/c13-10-5-14-11-4-2-1-3-9(11)12(10)15-8(6-16)7-17/h1-5,8,16-17H,6-7,13H2,(H,14,15). The molecule has 0 unspecified atom stereocenters. The van der Waals surface area contributed by atoms with Crippen molar-refractivity contribution in [3.05, 3.63) is 30.5 Å². The van der Waals surface area contributed by atoms with E-state index in [1.54, 1.807) is 6.20 Å². The monoisotopic (exact) mass is 233 g/mol. The third-order valence-corrected chi connectivity index (χ3v) is 2.59.